The number of aromatic nitrogens is 2. The molecule has 1 N–H and O–H groups in total. The maximum atomic E-state index is 5.54. The second-order valence-electron chi connectivity index (χ2n) is 6.51. The highest BCUT2D eigenvalue weighted by atomic mass is 16.5. The van der Waals surface area contributed by atoms with Crippen LogP contribution in [-0.2, 0) is 13.0 Å². The lowest BCUT2D eigenvalue weighted by atomic mass is 9.96. The Hall–Kier alpha value is -1.68. The van der Waals surface area contributed by atoms with E-state index in [9.17, 15) is 0 Å². The van der Waals surface area contributed by atoms with E-state index in [1.54, 1.807) is 0 Å². The number of nitrogens with zero attached hydrogens (tertiary/aromatic N) is 2. The van der Waals surface area contributed by atoms with Crippen LogP contribution in [0.1, 0.15) is 61.0 Å². The van der Waals surface area contributed by atoms with Crippen LogP contribution in [0.5, 0.6) is 0 Å². The lowest BCUT2D eigenvalue weighted by Crippen LogP contribution is -2.28. The second kappa shape index (κ2) is 5.26. The first-order valence-electron chi connectivity index (χ1n) is 7.93. The smallest absolute Gasteiger partial charge is 0.244 e. The molecule has 21 heavy (non-hydrogen) atoms. The topological polar surface area (TPSA) is 51.0 Å². The average molecular weight is 283 g/mol. The van der Waals surface area contributed by atoms with Gasteiger partial charge in [-0.2, -0.15) is 4.98 Å². The standard InChI is InChI=1S/C17H21N3O/c1-11-6-7-13(8-11)16-19-17(21-20-16)15-9-12-4-2-3-5-14(12)10-18-15/h2-5,11,13,15,18H,6-10H2,1H3/t11?,13?,15-/m1/s1. The van der Waals surface area contributed by atoms with Crippen molar-refractivity contribution >= 4 is 0 Å². The Balaban J connectivity index is 1.52. The summed E-state index contributed by atoms with van der Waals surface area (Å²) in [5.41, 5.74) is 2.76. The van der Waals surface area contributed by atoms with Crippen molar-refractivity contribution in [3.63, 3.8) is 0 Å². The summed E-state index contributed by atoms with van der Waals surface area (Å²) in [6.45, 7) is 3.18. The number of benzene rings is 1. The van der Waals surface area contributed by atoms with E-state index in [2.05, 4.69) is 46.6 Å². The van der Waals surface area contributed by atoms with Gasteiger partial charge in [-0.25, -0.2) is 0 Å². The molecule has 1 aliphatic heterocycles. The van der Waals surface area contributed by atoms with Crippen molar-refractivity contribution in [3.05, 3.63) is 47.1 Å². The third-order valence-electron chi connectivity index (χ3n) is 4.90. The molecular formula is C17H21N3O. The largest absolute Gasteiger partial charge is 0.338 e. The van der Waals surface area contributed by atoms with E-state index in [-0.39, 0.29) is 6.04 Å². The van der Waals surface area contributed by atoms with Gasteiger partial charge in [0.1, 0.15) is 0 Å². The van der Waals surface area contributed by atoms with Crippen LogP contribution in [0, 0.1) is 5.92 Å². The minimum absolute atomic E-state index is 0.153. The molecule has 0 spiro atoms. The van der Waals surface area contributed by atoms with Gasteiger partial charge in [0.15, 0.2) is 5.82 Å². The first-order valence-corrected chi connectivity index (χ1v) is 7.93. The van der Waals surface area contributed by atoms with Gasteiger partial charge in [-0.05, 0) is 42.7 Å². The molecule has 110 valence electrons. The van der Waals surface area contributed by atoms with Crippen LogP contribution in [0.25, 0.3) is 0 Å². The normalized spacial score (nSPS) is 28.5. The number of hydrogen-bond acceptors (Lipinski definition) is 4. The number of fused-ring (bicyclic) bond motifs is 1. The van der Waals surface area contributed by atoms with Crippen LogP contribution in [0.2, 0.25) is 0 Å². The maximum absolute atomic E-state index is 5.54. The SMILES string of the molecule is CC1CCC(c2noc([C@H]3Cc4ccccc4CN3)n2)C1. The predicted molar refractivity (Wildman–Crippen MR) is 79.8 cm³/mol. The molecule has 2 heterocycles. The van der Waals surface area contributed by atoms with Crippen molar-refractivity contribution in [2.75, 3.05) is 0 Å². The Labute approximate surface area is 124 Å². The number of hydrogen-bond donors (Lipinski definition) is 1. The van der Waals surface area contributed by atoms with E-state index >= 15 is 0 Å². The average Bonchev–Trinajstić information content (AvgIpc) is 3.15. The van der Waals surface area contributed by atoms with Crippen LogP contribution in [-0.4, -0.2) is 10.1 Å². The van der Waals surface area contributed by atoms with Gasteiger partial charge in [0.05, 0.1) is 6.04 Å². The van der Waals surface area contributed by atoms with Crippen molar-refractivity contribution in [1.82, 2.24) is 15.5 Å². The fourth-order valence-corrected chi connectivity index (χ4v) is 3.63. The zero-order chi connectivity index (χ0) is 14.2. The quantitative estimate of drug-likeness (QED) is 0.918. The maximum Gasteiger partial charge on any atom is 0.244 e. The first kappa shape index (κ1) is 13.0. The van der Waals surface area contributed by atoms with Gasteiger partial charge in [-0.3, -0.25) is 0 Å². The Morgan fingerprint density at radius 1 is 1.19 bits per heavy atom. The third-order valence-corrected chi connectivity index (χ3v) is 4.90. The van der Waals surface area contributed by atoms with Gasteiger partial charge in [0.2, 0.25) is 5.89 Å². The van der Waals surface area contributed by atoms with Gasteiger partial charge in [0.25, 0.3) is 0 Å². The molecule has 0 radical (unpaired) electrons. The lowest BCUT2D eigenvalue weighted by molar-refractivity contribution is 0.317. The monoisotopic (exact) mass is 283 g/mol. The van der Waals surface area contributed by atoms with E-state index in [0.717, 1.165) is 30.6 Å². The number of rotatable bonds is 2. The summed E-state index contributed by atoms with van der Waals surface area (Å²) in [4.78, 5) is 4.68. The molecule has 1 aromatic carbocycles. The Morgan fingerprint density at radius 2 is 2.05 bits per heavy atom. The molecule has 1 saturated carbocycles. The highest BCUT2D eigenvalue weighted by molar-refractivity contribution is 5.30. The van der Waals surface area contributed by atoms with Crippen molar-refractivity contribution in [3.8, 4) is 0 Å². The molecule has 1 fully saturated rings. The molecule has 1 aliphatic carbocycles. The molecule has 0 bridgehead atoms. The molecule has 4 nitrogen and oxygen atoms in total. The van der Waals surface area contributed by atoms with Gasteiger partial charge < -0.3 is 9.84 Å². The summed E-state index contributed by atoms with van der Waals surface area (Å²) in [5, 5.41) is 7.75. The van der Waals surface area contributed by atoms with Crippen LogP contribution >= 0.6 is 0 Å². The molecule has 1 aromatic heterocycles. The molecular weight excluding hydrogens is 262 g/mol. The van der Waals surface area contributed by atoms with E-state index in [4.69, 9.17) is 4.52 Å². The molecule has 4 heteroatoms. The molecule has 2 unspecified atom stereocenters. The Kier molecular flexibility index (Phi) is 3.26. The van der Waals surface area contributed by atoms with E-state index < -0.39 is 0 Å². The van der Waals surface area contributed by atoms with Gasteiger partial charge in [-0.15, -0.1) is 0 Å². The molecule has 4 rings (SSSR count). The van der Waals surface area contributed by atoms with E-state index in [0.29, 0.717) is 5.92 Å². The predicted octanol–water partition coefficient (Wildman–Crippen LogP) is 3.36. The van der Waals surface area contributed by atoms with Crippen molar-refractivity contribution in [2.24, 2.45) is 5.92 Å². The van der Waals surface area contributed by atoms with Crippen molar-refractivity contribution in [2.45, 2.75) is 51.1 Å². The van der Waals surface area contributed by atoms with Gasteiger partial charge >= 0.3 is 0 Å². The summed E-state index contributed by atoms with van der Waals surface area (Å²) >= 11 is 0. The van der Waals surface area contributed by atoms with Crippen LogP contribution in [0.15, 0.2) is 28.8 Å². The molecule has 0 saturated heterocycles. The minimum atomic E-state index is 0.153. The Bertz CT molecular complexity index is 636. The summed E-state index contributed by atoms with van der Waals surface area (Å²) in [6, 6.07) is 8.71. The van der Waals surface area contributed by atoms with Crippen molar-refractivity contribution < 1.29 is 4.52 Å². The zero-order valence-electron chi connectivity index (χ0n) is 12.4. The number of nitrogens with one attached hydrogen (secondary N) is 1. The summed E-state index contributed by atoms with van der Waals surface area (Å²) < 4.78 is 5.54. The minimum Gasteiger partial charge on any atom is -0.338 e. The zero-order valence-corrected chi connectivity index (χ0v) is 12.4. The van der Waals surface area contributed by atoms with E-state index in [1.165, 1.54) is 30.4 Å². The summed E-state index contributed by atoms with van der Waals surface area (Å²) in [5.74, 6) is 2.94. The van der Waals surface area contributed by atoms with Gasteiger partial charge in [0, 0.05) is 12.5 Å². The highest BCUT2D eigenvalue weighted by Crippen LogP contribution is 2.37. The van der Waals surface area contributed by atoms with Crippen molar-refractivity contribution in [1.29, 1.82) is 0 Å². The summed E-state index contributed by atoms with van der Waals surface area (Å²) in [7, 11) is 0. The fraction of sp³-hybridized carbons (Fsp3) is 0.529. The van der Waals surface area contributed by atoms with E-state index in [1.807, 2.05) is 0 Å². The second-order valence-corrected chi connectivity index (χ2v) is 6.51. The highest BCUT2D eigenvalue weighted by Gasteiger charge is 2.29. The molecule has 0 amide bonds. The lowest BCUT2D eigenvalue weighted by Gasteiger charge is -2.23. The van der Waals surface area contributed by atoms with Crippen LogP contribution in [0.3, 0.4) is 0 Å². The third kappa shape index (κ3) is 2.48. The summed E-state index contributed by atoms with van der Waals surface area (Å²) in [6.07, 6.45) is 4.60. The van der Waals surface area contributed by atoms with Crippen LogP contribution in [0.4, 0.5) is 0 Å². The first-order chi connectivity index (χ1) is 10.3. The molecule has 2 aliphatic rings. The molecule has 3 atom stereocenters. The Morgan fingerprint density at radius 3 is 2.86 bits per heavy atom. The fourth-order valence-electron chi connectivity index (χ4n) is 3.63. The van der Waals surface area contributed by atoms with Crippen LogP contribution < -0.4 is 5.32 Å². The van der Waals surface area contributed by atoms with Gasteiger partial charge in [-0.1, -0.05) is 36.3 Å². The molecule has 2 aromatic rings.